The Morgan fingerprint density at radius 3 is 2.10 bits per heavy atom. The SMILES string of the molecule is CCOC(CN(CCF)C(=O)C(Cc1ccc(Cl)cc1)NC(=O)C(CNS(=O)(=O)c1ccc(Cl)cc1Cl)NC(=O)OCc1ccccc1)OCC. The van der Waals surface area contributed by atoms with Gasteiger partial charge in [0, 0.05) is 42.8 Å². The van der Waals surface area contributed by atoms with Crippen LogP contribution in [0.4, 0.5) is 9.18 Å². The van der Waals surface area contributed by atoms with Crippen molar-refractivity contribution in [3.05, 3.63) is 99.0 Å². The van der Waals surface area contributed by atoms with Gasteiger partial charge in [-0.15, -0.1) is 0 Å². The molecular weight excluding hydrogens is 750 g/mol. The Bertz CT molecular complexity index is 1680. The van der Waals surface area contributed by atoms with Gasteiger partial charge in [0.15, 0.2) is 6.29 Å². The van der Waals surface area contributed by atoms with Crippen LogP contribution in [0.1, 0.15) is 25.0 Å². The first-order valence-electron chi connectivity index (χ1n) is 15.9. The van der Waals surface area contributed by atoms with Crippen LogP contribution in [0.15, 0.2) is 77.7 Å². The number of alkyl halides is 1. The second-order valence-electron chi connectivity index (χ2n) is 10.9. The molecule has 0 saturated carbocycles. The van der Waals surface area contributed by atoms with E-state index in [2.05, 4.69) is 15.4 Å². The highest BCUT2D eigenvalue weighted by Gasteiger charge is 2.32. The minimum Gasteiger partial charge on any atom is -0.445 e. The predicted molar refractivity (Wildman–Crippen MR) is 192 cm³/mol. The summed E-state index contributed by atoms with van der Waals surface area (Å²) in [5.74, 6) is -1.63. The molecular formula is C34H40Cl3FN4O8S. The second-order valence-corrected chi connectivity index (χ2v) is 13.9. The fraction of sp³-hybridized carbons (Fsp3) is 0.382. The van der Waals surface area contributed by atoms with Gasteiger partial charge in [-0.2, -0.15) is 0 Å². The molecule has 0 aliphatic rings. The molecule has 12 nitrogen and oxygen atoms in total. The average molecular weight is 790 g/mol. The largest absolute Gasteiger partial charge is 0.445 e. The van der Waals surface area contributed by atoms with E-state index in [1.54, 1.807) is 68.4 Å². The van der Waals surface area contributed by atoms with E-state index in [4.69, 9.17) is 49.0 Å². The molecule has 0 fully saturated rings. The zero-order valence-corrected chi connectivity index (χ0v) is 31.0. The van der Waals surface area contributed by atoms with Crippen molar-refractivity contribution in [2.75, 3.05) is 39.5 Å². The van der Waals surface area contributed by atoms with Crippen LogP contribution in [0, 0.1) is 0 Å². The molecule has 0 radical (unpaired) electrons. The maximum atomic E-state index is 14.0. The molecule has 17 heteroatoms. The molecule has 278 valence electrons. The molecule has 0 aliphatic heterocycles. The maximum Gasteiger partial charge on any atom is 0.408 e. The number of carbonyl (C=O) groups is 3. The zero-order valence-electron chi connectivity index (χ0n) is 28.0. The number of rotatable bonds is 20. The highest BCUT2D eigenvalue weighted by molar-refractivity contribution is 7.89. The predicted octanol–water partition coefficient (Wildman–Crippen LogP) is 5.14. The number of hydrogen-bond acceptors (Lipinski definition) is 8. The summed E-state index contributed by atoms with van der Waals surface area (Å²) in [6.45, 7) is 1.80. The van der Waals surface area contributed by atoms with Crippen molar-refractivity contribution < 1.29 is 41.4 Å². The van der Waals surface area contributed by atoms with Gasteiger partial charge in [0.1, 0.15) is 30.3 Å². The lowest BCUT2D eigenvalue weighted by atomic mass is 10.0. The molecule has 0 heterocycles. The number of carbonyl (C=O) groups excluding carboxylic acids is 3. The number of nitrogens with zero attached hydrogens (tertiary/aromatic N) is 1. The summed E-state index contributed by atoms with van der Waals surface area (Å²) in [5, 5.41) is 5.45. The smallest absolute Gasteiger partial charge is 0.408 e. The van der Waals surface area contributed by atoms with Gasteiger partial charge in [-0.05, 0) is 55.3 Å². The summed E-state index contributed by atoms with van der Waals surface area (Å²) in [6, 6.07) is 16.0. The molecule has 3 amide bonds. The molecule has 3 rings (SSSR count). The van der Waals surface area contributed by atoms with E-state index in [1.807, 2.05) is 0 Å². The molecule has 0 bridgehead atoms. The third-order valence-corrected chi connectivity index (χ3v) is 9.58. The third kappa shape index (κ3) is 13.9. The van der Waals surface area contributed by atoms with E-state index in [0.717, 1.165) is 0 Å². The van der Waals surface area contributed by atoms with Crippen LogP contribution in [-0.2, 0) is 46.9 Å². The van der Waals surface area contributed by atoms with E-state index >= 15 is 0 Å². The van der Waals surface area contributed by atoms with Crippen molar-refractivity contribution in [2.45, 2.75) is 50.1 Å². The number of halogens is 4. The van der Waals surface area contributed by atoms with Crippen molar-refractivity contribution >= 4 is 62.7 Å². The van der Waals surface area contributed by atoms with Crippen molar-refractivity contribution in [3.8, 4) is 0 Å². The van der Waals surface area contributed by atoms with Crippen LogP contribution in [0.3, 0.4) is 0 Å². The van der Waals surface area contributed by atoms with E-state index in [-0.39, 0.29) is 54.3 Å². The van der Waals surface area contributed by atoms with Crippen LogP contribution >= 0.6 is 34.8 Å². The van der Waals surface area contributed by atoms with Crippen molar-refractivity contribution in [1.29, 1.82) is 0 Å². The lowest BCUT2D eigenvalue weighted by molar-refractivity contribution is -0.160. The first-order chi connectivity index (χ1) is 24.4. The first kappa shape index (κ1) is 41.9. The topological polar surface area (TPSA) is 152 Å². The number of ether oxygens (including phenoxy) is 3. The molecule has 0 saturated heterocycles. The van der Waals surface area contributed by atoms with Gasteiger partial charge in [-0.1, -0.05) is 77.3 Å². The van der Waals surface area contributed by atoms with Gasteiger partial charge in [-0.25, -0.2) is 22.3 Å². The highest BCUT2D eigenvalue weighted by Crippen LogP contribution is 2.24. The van der Waals surface area contributed by atoms with Gasteiger partial charge >= 0.3 is 6.09 Å². The fourth-order valence-corrected chi connectivity index (χ4v) is 6.67. The standard InChI is InChI=1S/C34H40Cl3FN4O8S/c1-3-48-31(49-4-2)21-42(17-16-38)33(44)28(18-23-10-12-25(35)13-11-23)40-32(43)29(41-34(45)50-22-24-8-6-5-7-9-24)20-39-51(46,47)30-15-14-26(36)19-27(30)37/h5-15,19,28-29,31,39H,3-4,16-18,20-22H2,1-2H3,(H,40,43)(H,41,45). The molecule has 0 spiro atoms. The summed E-state index contributed by atoms with van der Waals surface area (Å²) in [4.78, 5) is 41.7. The van der Waals surface area contributed by atoms with Crippen molar-refractivity contribution in [2.24, 2.45) is 0 Å². The van der Waals surface area contributed by atoms with E-state index in [0.29, 0.717) is 16.1 Å². The highest BCUT2D eigenvalue weighted by atomic mass is 35.5. The molecule has 0 aromatic heterocycles. The van der Waals surface area contributed by atoms with Gasteiger partial charge < -0.3 is 29.7 Å². The number of hydrogen-bond donors (Lipinski definition) is 3. The second kappa shape index (κ2) is 21.1. The van der Waals surface area contributed by atoms with Crippen LogP contribution in [0.2, 0.25) is 15.1 Å². The van der Waals surface area contributed by atoms with Gasteiger partial charge in [-0.3, -0.25) is 9.59 Å². The molecule has 3 N–H and O–H groups in total. The summed E-state index contributed by atoms with van der Waals surface area (Å²) in [6.07, 6.45) is -1.99. The van der Waals surface area contributed by atoms with Gasteiger partial charge in [0.05, 0.1) is 11.6 Å². The normalized spacial score (nSPS) is 12.6. The van der Waals surface area contributed by atoms with E-state index < -0.39 is 59.5 Å². The average Bonchev–Trinajstić information content (AvgIpc) is 3.09. The molecule has 51 heavy (non-hydrogen) atoms. The van der Waals surface area contributed by atoms with Crippen LogP contribution in [-0.4, -0.2) is 89.1 Å². The van der Waals surface area contributed by atoms with Crippen LogP contribution in [0.25, 0.3) is 0 Å². The Morgan fingerprint density at radius 1 is 0.843 bits per heavy atom. The monoisotopic (exact) mass is 788 g/mol. The summed E-state index contributed by atoms with van der Waals surface area (Å²) in [5.41, 5.74) is 1.25. The summed E-state index contributed by atoms with van der Waals surface area (Å²) in [7, 11) is -4.34. The minimum absolute atomic E-state index is 0.0737. The van der Waals surface area contributed by atoms with E-state index in [1.165, 1.54) is 23.1 Å². The Morgan fingerprint density at radius 2 is 1.49 bits per heavy atom. The zero-order chi connectivity index (χ0) is 37.4. The van der Waals surface area contributed by atoms with Gasteiger partial charge in [0.2, 0.25) is 21.8 Å². The summed E-state index contributed by atoms with van der Waals surface area (Å²) < 4.78 is 58.9. The Kier molecular flexibility index (Phi) is 17.4. The lowest BCUT2D eigenvalue weighted by Gasteiger charge is -2.31. The van der Waals surface area contributed by atoms with Crippen molar-refractivity contribution in [3.63, 3.8) is 0 Å². The molecule has 2 unspecified atom stereocenters. The third-order valence-electron chi connectivity index (χ3n) is 7.19. The van der Waals surface area contributed by atoms with Crippen molar-refractivity contribution in [1.82, 2.24) is 20.3 Å². The van der Waals surface area contributed by atoms with Gasteiger partial charge in [0.25, 0.3) is 0 Å². The number of nitrogens with one attached hydrogen (secondary N) is 3. The Hall–Kier alpha value is -3.50. The molecule has 3 aromatic rings. The van der Waals surface area contributed by atoms with E-state index in [9.17, 15) is 27.2 Å². The number of amides is 3. The Balaban J connectivity index is 1.91. The van der Waals surface area contributed by atoms with Crippen LogP contribution < -0.4 is 15.4 Å². The number of alkyl carbamates (subject to hydrolysis) is 1. The van der Waals surface area contributed by atoms with Crippen LogP contribution in [0.5, 0.6) is 0 Å². The quantitative estimate of drug-likeness (QED) is 0.133. The molecule has 2 atom stereocenters. The number of benzene rings is 3. The minimum atomic E-state index is -4.34. The maximum absolute atomic E-state index is 14.0. The number of sulfonamides is 1. The molecule has 0 aliphatic carbocycles. The molecule has 3 aromatic carbocycles. The fourth-order valence-electron chi connectivity index (χ4n) is 4.73. The summed E-state index contributed by atoms with van der Waals surface area (Å²) >= 11 is 18.1. The Labute approximate surface area is 311 Å². The lowest BCUT2D eigenvalue weighted by Crippen LogP contribution is -2.58. The first-order valence-corrected chi connectivity index (χ1v) is 18.5.